The SMILES string of the molecule is NC(=O)c1cc(-c2cccnc2C(Cc2cc(F)cc(F)c2)NC(=O)Cn2nc(C(F)F)c3c2C(O)C2CC32)ccc1F. The molecule has 2 aromatic heterocycles. The van der Waals surface area contributed by atoms with Crippen LogP contribution in [0.25, 0.3) is 11.1 Å². The van der Waals surface area contributed by atoms with Gasteiger partial charge in [-0.1, -0.05) is 12.1 Å². The summed E-state index contributed by atoms with van der Waals surface area (Å²) in [7, 11) is 0. The van der Waals surface area contributed by atoms with E-state index in [1.54, 1.807) is 12.1 Å². The van der Waals surface area contributed by atoms with Gasteiger partial charge in [-0.2, -0.15) is 5.10 Å². The summed E-state index contributed by atoms with van der Waals surface area (Å²) in [5.41, 5.74) is 6.01. The fourth-order valence-electron chi connectivity index (χ4n) is 5.96. The average molecular weight is 598 g/mol. The third kappa shape index (κ3) is 5.36. The Labute approximate surface area is 241 Å². The highest BCUT2D eigenvalue weighted by Gasteiger charge is 2.56. The van der Waals surface area contributed by atoms with Crippen LogP contribution >= 0.6 is 0 Å². The van der Waals surface area contributed by atoms with Gasteiger partial charge in [-0.3, -0.25) is 19.3 Å². The molecule has 0 spiro atoms. The lowest BCUT2D eigenvalue weighted by Gasteiger charge is -2.22. The molecule has 4 N–H and O–H groups in total. The van der Waals surface area contributed by atoms with Crippen molar-refractivity contribution in [1.82, 2.24) is 20.1 Å². The van der Waals surface area contributed by atoms with Gasteiger partial charge in [-0.25, -0.2) is 22.0 Å². The van der Waals surface area contributed by atoms with Crippen molar-refractivity contribution in [2.75, 3.05) is 0 Å². The number of rotatable bonds is 9. The van der Waals surface area contributed by atoms with Gasteiger partial charge in [-0.15, -0.1) is 0 Å². The fourth-order valence-corrected chi connectivity index (χ4v) is 5.96. The molecule has 4 atom stereocenters. The molecule has 1 saturated carbocycles. The number of aliphatic hydroxyl groups is 1. The number of nitrogens with two attached hydrogens (primary N) is 1. The van der Waals surface area contributed by atoms with Crippen LogP contribution in [0.1, 0.15) is 69.5 Å². The van der Waals surface area contributed by atoms with E-state index in [-0.39, 0.29) is 46.3 Å². The number of carbonyl (C=O) groups is 2. The first kappa shape index (κ1) is 28.5. The average Bonchev–Trinajstić information content (AvgIpc) is 3.57. The van der Waals surface area contributed by atoms with Crippen LogP contribution in [0.5, 0.6) is 0 Å². The molecule has 0 aliphatic heterocycles. The fraction of sp³-hybridized carbons (Fsp3) is 0.267. The minimum Gasteiger partial charge on any atom is -0.386 e. The standard InChI is InChI=1S/C30H24F5N5O3/c31-15-6-13(7-16(32)10-15)8-22(25-17(2-1-5-37-25)14-3-4-21(33)20(9-14)30(36)43)38-23(41)12-40-27-24(26(39-40)29(34)35)18-11-19(18)28(27)42/h1-7,9-10,18-19,22,28-29,42H,8,11-12H2,(H2,36,43)(H,38,41). The van der Waals surface area contributed by atoms with Gasteiger partial charge >= 0.3 is 0 Å². The maximum absolute atomic E-state index is 14.2. The molecule has 0 radical (unpaired) electrons. The Morgan fingerprint density at radius 3 is 2.51 bits per heavy atom. The maximum atomic E-state index is 14.2. The number of nitrogens with one attached hydrogen (secondary N) is 1. The second-order valence-corrected chi connectivity index (χ2v) is 10.7. The first-order valence-corrected chi connectivity index (χ1v) is 13.4. The van der Waals surface area contributed by atoms with Crippen molar-refractivity contribution in [2.45, 2.75) is 43.9 Å². The lowest BCUT2D eigenvalue weighted by Crippen LogP contribution is -2.34. The zero-order valence-electron chi connectivity index (χ0n) is 22.3. The Morgan fingerprint density at radius 1 is 1.07 bits per heavy atom. The zero-order chi connectivity index (χ0) is 30.6. The van der Waals surface area contributed by atoms with Crippen LogP contribution in [0.15, 0.2) is 54.7 Å². The molecule has 43 heavy (non-hydrogen) atoms. The predicted molar refractivity (Wildman–Crippen MR) is 142 cm³/mol. The van der Waals surface area contributed by atoms with Gasteiger partial charge < -0.3 is 16.2 Å². The summed E-state index contributed by atoms with van der Waals surface area (Å²) in [4.78, 5) is 29.6. The van der Waals surface area contributed by atoms with E-state index < -0.39 is 60.1 Å². The highest BCUT2D eigenvalue weighted by atomic mass is 19.3. The number of hydrogen-bond donors (Lipinski definition) is 3. The van der Waals surface area contributed by atoms with Crippen molar-refractivity contribution in [1.29, 1.82) is 0 Å². The number of alkyl halides is 2. The van der Waals surface area contributed by atoms with E-state index >= 15 is 0 Å². The molecule has 0 saturated heterocycles. The van der Waals surface area contributed by atoms with E-state index in [2.05, 4.69) is 15.4 Å². The summed E-state index contributed by atoms with van der Waals surface area (Å²) in [5, 5.41) is 17.3. The quantitative estimate of drug-likeness (QED) is 0.243. The summed E-state index contributed by atoms with van der Waals surface area (Å²) < 4.78 is 71.0. The van der Waals surface area contributed by atoms with Crippen LogP contribution in [0.3, 0.4) is 0 Å². The summed E-state index contributed by atoms with van der Waals surface area (Å²) in [6.07, 6.45) is -2.08. The third-order valence-corrected chi connectivity index (χ3v) is 7.86. The Hall–Kier alpha value is -4.65. The molecule has 2 amide bonds. The molecule has 6 rings (SSSR count). The molecule has 1 fully saturated rings. The number of carbonyl (C=O) groups excluding carboxylic acids is 2. The number of hydrogen-bond acceptors (Lipinski definition) is 5. The molecule has 8 nitrogen and oxygen atoms in total. The van der Waals surface area contributed by atoms with Gasteiger partial charge in [0.25, 0.3) is 12.3 Å². The lowest BCUT2D eigenvalue weighted by atomic mass is 9.94. The van der Waals surface area contributed by atoms with Gasteiger partial charge in [0.15, 0.2) is 0 Å². The summed E-state index contributed by atoms with van der Waals surface area (Å²) in [5.74, 6) is -4.63. The van der Waals surface area contributed by atoms with Gasteiger partial charge in [0.05, 0.1) is 29.1 Å². The van der Waals surface area contributed by atoms with Gasteiger partial charge in [0.1, 0.15) is 29.7 Å². The molecule has 222 valence electrons. The number of amides is 2. The molecule has 4 aromatic rings. The topological polar surface area (TPSA) is 123 Å². The summed E-state index contributed by atoms with van der Waals surface area (Å²) >= 11 is 0. The van der Waals surface area contributed by atoms with Crippen molar-refractivity contribution in [3.63, 3.8) is 0 Å². The van der Waals surface area contributed by atoms with Crippen LogP contribution in [-0.2, 0) is 17.8 Å². The van der Waals surface area contributed by atoms with E-state index in [0.717, 1.165) is 22.9 Å². The zero-order valence-corrected chi connectivity index (χ0v) is 22.3. The number of nitrogens with zero attached hydrogens (tertiary/aromatic N) is 3. The Kier molecular flexibility index (Phi) is 7.20. The van der Waals surface area contributed by atoms with Crippen molar-refractivity contribution in [2.24, 2.45) is 11.7 Å². The monoisotopic (exact) mass is 597 g/mol. The maximum Gasteiger partial charge on any atom is 0.282 e. The summed E-state index contributed by atoms with van der Waals surface area (Å²) in [6.45, 7) is -0.524. The van der Waals surface area contributed by atoms with Crippen LogP contribution in [0, 0.1) is 23.4 Å². The Bertz CT molecular complexity index is 1740. The van der Waals surface area contributed by atoms with Crippen molar-refractivity contribution >= 4 is 11.8 Å². The summed E-state index contributed by atoms with van der Waals surface area (Å²) in [6, 6.07) is 8.67. The highest BCUT2D eigenvalue weighted by molar-refractivity contribution is 5.94. The molecule has 0 bridgehead atoms. The van der Waals surface area contributed by atoms with Crippen LogP contribution < -0.4 is 11.1 Å². The Morgan fingerprint density at radius 2 is 1.81 bits per heavy atom. The van der Waals surface area contributed by atoms with E-state index in [9.17, 15) is 36.6 Å². The highest BCUT2D eigenvalue weighted by Crippen LogP contribution is 2.63. The second-order valence-electron chi connectivity index (χ2n) is 10.7. The largest absolute Gasteiger partial charge is 0.386 e. The molecule has 2 aliphatic carbocycles. The Balaban J connectivity index is 1.36. The molecule has 4 unspecified atom stereocenters. The number of primary amides is 1. The molecular formula is C30H24F5N5O3. The number of fused-ring (bicyclic) bond motifs is 3. The number of benzene rings is 2. The number of aromatic nitrogens is 3. The lowest BCUT2D eigenvalue weighted by molar-refractivity contribution is -0.122. The number of aliphatic hydroxyl groups excluding tert-OH is 1. The van der Waals surface area contributed by atoms with Crippen molar-refractivity contribution in [3.8, 4) is 11.1 Å². The van der Waals surface area contributed by atoms with Gasteiger partial charge in [-0.05, 0) is 66.1 Å². The van der Waals surface area contributed by atoms with Crippen molar-refractivity contribution in [3.05, 3.63) is 106 Å². The molecule has 2 aliphatic rings. The van der Waals surface area contributed by atoms with E-state index in [1.165, 1.54) is 18.3 Å². The first-order valence-electron chi connectivity index (χ1n) is 13.4. The molecule has 2 aromatic carbocycles. The van der Waals surface area contributed by atoms with Crippen LogP contribution in [0.4, 0.5) is 22.0 Å². The van der Waals surface area contributed by atoms with E-state index in [4.69, 9.17) is 5.73 Å². The first-order chi connectivity index (χ1) is 20.5. The van der Waals surface area contributed by atoms with E-state index in [1.807, 2.05) is 0 Å². The normalized spacial score (nSPS) is 19.2. The molecule has 2 heterocycles. The van der Waals surface area contributed by atoms with Crippen molar-refractivity contribution < 1.29 is 36.6 Å². The van der Waals surface area contributed by atoms with E-state index in [0.29, 0.717) is 23.6 Å². The second kappa shape index (κ2) is 10.9. The third-order valence-electron chi connectivity index (χ3n) is 7.86. The predicted octanol–water partition coefficient (Wildman–Crippen LogP) is 4.65. The molecular weight excluding hydrogens is 573 g/mol. The van der Waals surface area contributed by atoms with Gasteiger partial charge in [0, 0.05) is 23.4 Å². The minimum absolute atomic E-state index is 0.152. The smallest absolute Gasteiger partial charge is 0.282 e. The van der Waals surface area contributed by atoms with Crippen LogP contribution in [-0.4, -0.2) is 31.7 Å². The minimum atomic E-state index is -2.89. The number of halogens is 5. The molecule has 13 heteroatoms. The number of pyridine rings is 1. The van der Waals surface area contributed by atoms with Gasteiger partial charge in [0.2, 0.25) is 5.91 Å². The van der Waals surface area contributed by atoms with Crippen LogP contribution in [0.2, 0.25) is 0 Å².